The van der Waals surface area contributed by atoms with E-state index in [1.807, 2.05) is 36.2 Å². The van der Waals surface area contributed by atoms with Crippen LogP contribution in [0.15, 0.2) is 59.6 Å². The Hall–Kier alpha value is -2.64. The third kappa shape index (κ3) is 5.52. The van der Waals surface area contributed by atoms with E-state index in [0.717, 1.165) is 55.2 Å². The van der Waals surface area contributed by atoms with Crippen LogP contribution in [-0.4, -0.2) is 55.6 Å². The summed E-state index contributed by atoms with van der Waals surface area (Å²) in [7, 11) is -3.52. The van der Waals surface area contributed by atoms with E-state index < -0.39 is 9.84 Å². The molecule has 3 heterocycles. The molecule has 0 aliphatic carbocycles. The van der Waals surface area contributed by atoms with Crippen molar-refractivity contribution in [2.24, 2.45) is 5.92 Å². The molecule has 36 heavy (non-hydrogen) atoms. The standard InChI is InChI=1S/C28H32ClN3O3S/c1-20-15-25(8-11-30-20)31-13-9-21(10-14-31)16-28(33)32-12-2-3-26(32)19-36(34,35)27-7-5-22-17-24(29)6-4-23(22)18-27/h4-8,11,15,17-18,21,26H,2-3,9-10,12-14,16,19H2,1H3/t26-/m1/s1. The second-order valence-electron chi connectivity index (χ2n) is 10.1. The van der Waals surface area contributed by atoms with Gasteiger partial charge in [-0.1, -0.05) is 23.7 Å². The fourth-order valence-corrected chi connectivity index (χ4v) is 7.37. The number of piperidine rings is 1. The van der Waals surface area contributed by atoms with Crippen molar-refractivity contribution in [1.29, 1.82) is 0 Å². The number of carbonyl (C=O) groups is 1. The van der Waals surface area contributed by atoms with Gasteiger partial charge >= 0.3 is 0 Å². The molecule has 3 aromatic rings. The predicted octanol–water partition coefficient (Wildman–Crippen LogP) is 5.27. The summed E-state index contributed by atoms with van der Waals surface area (Å²) < 4.78 is 26.6. The summed E-state index contributed by atoms with van der Waals surface area (Å²) in [5.74, 6) is 0.401. The maximum Gasteiger partial charge on any atom is 0.223 e. The molecule has 1 atom stereocenters. The minimum Gasteiger partial charge on any atom is -0.371 e. The molecular formula is C28H32ClN3O3S. The van der Waals surface area contributed by atoms with Crippen LogP contribution in [0.4, 0.5) is 5.69 Å². The van der Waals surface area contributed by atoms with Gasteiger partial charge < -0.3 is 9.80 Å². The van der Waals surface area contributed by atoms with Crippen LogP contribution in [0.25, 0.3) is 10.8 Å². The summed E-state index contributed by atoms with van der Waals surface area (Å²) in [6.45, 7) is 4.49. The van der Waals surface area contributed by atoms with Gasteiger partial charge in [0.1, 0.15) is 0 Å². The highest BCUT2D eigenvalue weighted by molar-refractivity contribution is 7.91. The Labute approximate surface area is 218 Å². The van der Waals surface area contributed by atoms with Gasteiger partial charge in [-0.15, -0.1) is 0 Å². The number of aryl methyl sites for hydroxylation is 1. The minimum absolute atomic E-state index is 0.0301. The first-order valence-electron chi connectivity index (χ1n) is 12.7. The highest BCUT2D eigenvalue weighted by Gasteiger charge is 2.34. The molecule has 2 aliphatic heterocycles. The quantitative estimate of drug-likeness (QED) is 0.438. The van der Waals surface area contributed by atoms with Gasteiger partial charge in [0, 0.05) is 54.7 Å². The third-order valence-corrected chi connectivity index (χ3v) is 9.60. The lowest BCUT2D eigenvalue weighted by atomic mass is 9.92. The van der Waals surface area contributed by atoms with Crippen molar-refractivity contribution in [1.82, 2.24) is 9.88 Å². The molecule has 0 spiro atoms. The number of pyridine rings is 1. The van der Waals surface area contributed by atoms with E-state index in [2.05, 4.69) is 16.0 Å². The van der Waals surface area contributed by atoms with Gasteiger partial charge in [-0.25, -0.2) is 8.42 Å². The number of nitrogens with zero attached hydrogens (tertiary/aromatic N) is 3. The molecule has 2 saturated heterocycles. The molecule has 2 fully saturated rings. The zero-order valence-corrected chi connectivity index (χ0v) is 22.1. The van der Waals surface area contributed by atoms with Crippen LogP contribution in [0.1, 0.15) is 37.8 Å². The minimum atomic E-state index is -3.52. The number of fused-ring (bicyclic) bond motifs is 1. The van der Waals surface area contributed by atoms with Gasteiger partial charge in [0.2, 0.25) is 5.91 Å². The number of amides is 1. The highest BCUT2D eigenvalue weighted by Crippen LogP contribution is 2.29. The van der Waals surface area contributed by atoms with E-state index in [0.29, 0.717) is 28.8 Å². The number of carbonyl (C=O) groups excluding carboxylic acids is 1. The topological polar surface area (TPSA) is 70.6 Å². The molecule has 0 unspecified atom stereocenters. The van der Waals surface area contributed by atoms with Crippen molar-refractivity contribution in [2.45, 2.75) is 50.0 Å². The molecule has 2 aliphatic rings. The molecule has 6 nitrogen and oxygen atoms in total. The molecule has 190 valence electrons. The van der Waals surface area contributed by atoms with Crippen LogP contribution < -0.4 is 4.90 Å². The molecule has 8 heteroatoms. The van der Waals surface area contributed by atoms with E-state index in [-0.39, 0.29) is 17.7 Å². The Morgan fingerprint density at radius 2 is 1.75 bits per heavy atom. The van der Waals surface area contributed by atoms with Crippen molar-refractivity contribution < 1.29 is 13.2 Å². The van der Waals surface area contributed by atoms with Gasteiger partial charge in [-0.05, 0) is 85.7 Å². The maximum absolute atomic E-state index is 13.3. The smallest absolute Gasteiger partial charge is 0.223 e. The summed E-state index contributed by atoms with van der Waals surface area (Å²) in [4.78, 5) is 22.0. The Morgan fingerprint density at radius 1 is 1.00 bits per heavy atom. The highest BCUT2D eigenvalue weighted by atomic mass is 35.5. The van der Waals surface area contributed by atoms with Crippen LogP contribution in [0.2, 0.25) is 5.02 Å². The van der Waals surface area contributed by atoms with Crippen molar-refractivity contribution in [3.05, 3.63) is 65.4 Å². The monoisotopic (exact) mass is 525 g/mol. The van der Waals surface area contributed by atoms with Gasteiger partial charge in [-0.2, -0.15) is 0 Å². The number of anilines is 1. The summed E-state index contributed by atoms with van der Waals surface area (Å²) in [6, 6.07) is 14.5. The number of rotatable bonds is 6. The van der Waals surface area contributed by atoms with Crippen molar-refractivity contribution in [3.63, 3.8) is 0 Å². The van der Waals surface area contributed by atoms with Crippen molar-refractivity contribution in [3.8, 4) is 0 Å². The molecule has 1 amide bonds. The molecule has 5 rings (SSSR count). The van der Waals surface area contributed by atoms with E-state index >= 15 is 0 Å². The fraction of sp³-hybridized carbons (Fsp3) is 0.429. The first-order valence-corrected chi connectivity index (χ1v) is 14.7. The van der Waals surface area contributed by atoms with Gasteiger partial charge in [0.25, 0.3) is 0 Å². The number of benzene rings is 2. The molecule has 1 aromatic heterocycles. The third-order valence-electron chi connectivity index (χ3n) is 7.57. The zero-order chi connectivity index (χ0) is 25.3. The van der Waals surface area contributed by atoms with E-state index in [1.165, 1.54) is 5.69 Å². The lowest BCUT2D eigenvalue weighted by Gasteiger charge is -2.34. The molecule has 0 bridgehead atoms. The summed E-state index contributed by atoms with van der Waals surface area (Å²) >= 11 is 6.06. The van der Waals surface area contributed by atoms with Crippen LogP contribution in [0, 0.1) is 12.8 Å². The first-order chi connectivity index (χ1) is 17.3. The Kier molecular flexibility index (Phi) is 7.22. The van der Waals surface area contributed by atoms with Crippen LogP contribution in [0.3, 0.4) is 0 Å². The molecule has 0 saturated carbocycles. The molecule has 0 radical (unpaired) electrons. The number of halogens is 1. The summed E-state index contributed by atoms with van der Waals surface area (Å²) in [6.07, 6.45) is 5.85. The Morgan fingerprint density at radius 3 is 2.53 bits per heavy atom. The predicted molar refractivity (Wildman–Crippen MR) is 144 cm³/mol. The van der Waals surface area contributed by atoms with E-state index in [1.54, 1.807) is 24.3 Å². The normalized spacial score (nSPS) is 19.2. The van der Waals surface area contributed by atoms with Gasteiger partial charge in [-0.3, -0.25) is 9.78 Å². The molecule has 2 aromatic carbocycles. The number of hydrogen-bond acceptors (Lipinski definition) is 5. The van der Waals surface area contributed by atoms with E-state index in [9.17, 15) is 13.2 Å². The number of aromatic nitrogens is 1. The average molecular weight is 526 g/mol. The first kappa shape index (κ1) is 25.0. The lowest BCUT2D eigenvalue weighted by Crippen LogP contribution is -2.41. The lowest BCUT2D eigenvalue weighted by molar-refractivity contribution is -0.132. The number of sulfone groups is 1. The SMILES string of the molecule is Cc1cc(N2CCC(CC(=O)N3CCC[C@@H]3CS(=O)(=O)c3ccc4cc(Cl)ccc4c3)CC2)ccn1. The molecule has 0 N–H and O–H groups in total. The Bertz CT molecular complexity index is 1370. The Balaban J connectivity index is 1.20. The van der Waals surface area contributed by atoms with Crippen LogP contribution in [-0.2, 0) is 14.6 Å². The zero-order valence-electron chi connectivity index (χ0n) is 20.6. The van der Waals surface area contributed by atoms with Crippen molar-refractivity contribution >= 4 is 43.8 Å². The van der Waals surface area contributed by atoms with Crippen LogP contribution >= 0.6 is 11.6 Å². The molecular weight excluding hydrogens is 494 g/mol. The second-order valence-corrected chi connectivity index (χ2v) is 12.6. The number of likely N-dealkylation sites (tertiary alicyclic amines) is 1. The largest absolute Gasteiger partial charge is 0.371 e. The number of hydrogen-bond donors (Lipinski definition) is 0. The summed E-state index contributed by atoms with van der Waals surface area (Å²) in [5, 5.41) is 2.37. The summed E-state index contributed by atoms with van der Waals surface area (Å²) in [5.41, 5.74) is 2.20. The van der Waals surface area contributed by atoms with Gasteiger partial charge in [0.15, 0.2) is 9.84 Å². The second kappa shape index (κ2) is 10.4. The maximum atomic E-state index is 13.3. The van der Waals surface area contributed by atoms with E-state index in [4.69, 9.17) is 11.6 Å². The van der Waals surface area contributed by atoms with Crippen LogP contribution in [0.5, 0.6) is 0 Å². The van der Waals surface area contributed by atoms with Gasteiger partial charge in [0.05, 0.1) is 10.6 Å². The average Bonchev–Trinajstić information content (AvgIpc) is 3.31. The fourth-order valence-electron chi connectivity index (χ4n) is 5.56. The van der Waals surface area contributed by atoms with Crippen molar-refractivity contribution in [2.75, 3.05) is 30.3 Å².